The van der Waals surface area contributed by atoms with Crippen molar-refractivity contribution >= 4 is 49.7 Å². The largest absolute Gasteiger partial charge is 0.503 e. The first-order chi connectivity index (χ1) is 19.0. The topological polar surface area (TPSA) is 198 Å². The van der Waals surface area contributed by atoms with Gasteiger partial charge in [0, 0.05) is 12.1 Å². The number of non-ortho nitro benzene ring substituents is 1. The highest BCUT2D eigenvalue weighted by Crippen LogP contribution is 2.44. The van der Waals surface area contributed by atoms with Crippen molar-refractivity contribution in [2.75, 3.05) is 4.90 Å². The van der Waals surface area contributed by atoms with E-state index in [0.29, 0.717) is 11.3 Å². The number of sulfone groups is 1. The van der Waals surface area contributed by atoms with Crippen molar-refractivity contribution < 1.29 is 42.4 Å². The number of nitro groups is 1. The zero-order valence-electron chi connectivity index (χ0n) is 19.8. The predicted molar refractivity (Wildman–Crippen MR) is 137 cm³/mol. The number of Topliss-reactive ketones (excluding diaryl/α,β-unsaturated/α-hetero) is 1. The fourth-order valence-electron chi connectivity index (χ4n) is 4.05. The van der Waals surface area contributed by atoms with E-state index in [-0.39, 0.29) is 42.4 Å². The monoisotopic (exact) mass is 581 g/mol. The molecule has 3 heterocycles. The number of nitro benzene ring substituents is 1. The first kappa shape index (κ1) is 26.5. The van der Waals surface area contributed by atoms with Gasteiger partial charge < -0.3 is 14.6 Å². The maximum atomic E-state index is 13.3. The summed E-state index contributed by atoms with van der Waals surface area (Å²) in [6.07, 6.45) is 2.21. The number of nitrogens with zero attached hydrogens (tertiary/aromatic N) is 3. The fourth-order valence-corrected chi connectivity index (χ4v) is 6.59. The summed E-state index contributed by atoms with van der Waals surface area (Å²) < 4.78 is 31.2. The normalized spacial score (nSPS) is 15.4. The summed E-state index contributed by atoms with van der Waals surface area (Å²) in [6, 6.07) is 10.8. The van der Waals surface area contributed by atoms with Gasteiger partial charge in [-0.2, -0.15) is 0 Å². The Bertz CT molecular complexity index is 1810. The summed E-state index contributed by atoms with van der Waals surface area (Å²) in [5, 5.41) is 30.8. The van der Waals surface area contributed by atoms with Crippen molar-refractivity contribution in [2.24, 2.45) is 0 Å². The van der Waals surface area contributed by atoms with Gasteiger partial charge in [-0.1, -0.05) is 23.5 Å². The molecule has 2 aromatic carbocycles. The number of furan rings is 1. The minimum absolute atomic E-state index is 0.0718. The van der Waals surface area contributed by atoms with Gasteiger partial charge in [0.1, 0.15) is 4.21 Å². The lowest BCUT2D eigenvalue weighted by Crippen LogP contribution is -2.31. The maximum Gasteiger partial charge on any atom is 0.335 e. The van der Waals surface area contributed by atoms with Crippen LogP contribution in [-0.4, -0.2) is 46.2 Å². The molecular weight excluding hydrogens is 566 g/mol. The Balaban J connectivity index is 1.58. The lowest BCUT2D eigenvalue weighted by atomic mass is 9.94. The van der Waals surface area contributed by atoms with E-state index in [1.807, 2.05) is 0 Å². The average Bonchev–Trinajstić information content (AvgIpc) is 3.69. The highest BCUT2D eigenvalue weighted by Gasteiger charge is 2.46. The van der Waals surface area contributed by atoms with E-state index in [9.17, 15) is 43.1 Å². The molecule has 0 saturated heterocycles. The van der Waals surface area contributed by atoms with Crippen LogP contribution >= 0.6 is 11.3 Å². The minimum atomic E-state index is -4.21. The van der Waals surface area contributed by atoms with E-state index in [0.717, 1.165) is 35.4 Å². The number of amides is 1. The first-order valence-corrected chi connectivity index (χ1v) is 13.4. The van der Waals surface area contributed by atoms with Crippen LogP contribution in [0, 0.1) is 10.1 Å². The predicted octanol–water partition coefficient (Wildman–Crippen LogP) is 3.96. The van der Waals surface area contributed by atoms with Crippen LogP contribution in [0.25, 0.3) is 0 Å². The zero-order chi connectivity index (χ0) is 28.8. The third-order valence-corrected chi connectivity index (χ3v) is 9.20. The number of ketones is 1. The Labute approximate surface area is 228 Å². The van der Waals surface area contributed by atoms with Crippen LogP contribution in [0.5, 0.6) is 0 Å². The lowest BCUT2D eigenvalue weighted by Gasteiger charge is -2.24. The molecule has 1 aliphatic heterocycles. The van der Waals surface area contributed by atoms with Crippen LogP contribution in [0.15, 0.2) is 98.0 Å². The molecule has 5 rings (SSSR count). The number of carboxylic acid groups (broad SMARTS) is 1. The van der Waals surface area contributed by atoms with E-state index in [1.54, 1.807) is 0 Å². The smallest absolute Gasteiger partial charge is 0.335 e. The summed E-state index contributed by atoms with van der Waals surface area (Å²) in [5.74, 6) is -4.17. The SMILES string of the molecule is O=C(O)c1ccc(C2C(C(=O)c3ccco3)=C(O)C(=O)N2c2ncc(S(=O)(=O)c3ccc([N+](=O)[O-])cc3)s2)cc1. The number of aliphatic hydroxyl groups is 1. The third kappa shape index (κ3) is 4.42. The molecule has 4 aromatic rings. The number of benzene rings is 2. The minimum Gasteiger partial charge on any atom is -0.503 e. The summed E-state index contributed by atoms with van der Waals surface area (Å²) in [6.45, 7) is 0. The molecular formula is C25H15N3O10S2. The standard InChI is InChI=1S/C25H15N3O10S2/c29-21(17-2-1-11-38-17)19-20(13-3-5-14(6-4-13)24(32)33)27(23(31)22(19)30)25-26-12-18(39-25)40(36,37)16-9-7-15(8-10-16)28(34)35/h1-12,20,30H,(H,32,33). The number of aliphatic hydroxyl groups excluding tert-OH is 1. The van der Waals surface area contributed by atoms with Crippen LogP contribution in [0.3, 0.4) is 0 Å². The average molecular weight is 582 g/mol. The van der Waals surface area contributed by atoms with E-state index >= 15 is 0 Å². The van der Waals surface area contributed by atoms with Gasteiger partial charge in [0.25, 0.3) is 11.6 Å². The molecule has 2 N–H and O–H groups in total. The van der Waals surface area contributed by atoms with Gasteiger partial charge >= 0.3 is 5.97 Å². The van der Waals surface area contributed by atoms with Crippen LogP contribution in [0.2, 0.25) is 0 Å². The number of aromatic carboxylic acids is 1. The molecule has 202 valence electrons. The Morgan fingerprint density at radius 3 is 2.33 bits per heavy atom. The number of carbonyl (C=O) groups excluding carboxylic acids is 2. The van der Waals surface area contributed by atoms with Crippen molar-refractivity contribution in [1.29, 1.82) is 0 Å². The number of rotatable bonds is 8. The molecule has 0 saturated carbocycles. The molecule has 40 heavy (non-hydrogen) atoms. The van der Waals surface area contributed by atoms with Crippen molar-refractivity contribution in [2.45, 2.75) is 15.1 Å². The highest BCUT2D eigenvalue weighted by atomic mass is 32.2. The number of hydrogen-bond donors (Lipinski definition) is 2. The Hall–Kier alpha value is -5.15. The third-order valence-electron chi connectivity index (χ3n) is 5.97. The summed E-state index contributed by atoms with van der Waals surface area (Å²) in [4.78, 5) is 52.9. The number of carboxylic acids is 1. The molecule has 1 atom stereocenters. The Kier molecular flexibility index (Phi) is 6.53. The highest BCUT2D eigenvalue weighted by molar-refractivity contribution is 7.93. The molecule has 13 nitrogen and oxygen atoms in total. The summed E-state index contributed by atoms with van der Waals surface area (Å²) >= 11 is 0.571. The van der Waals surface area contributed by atoms with Crippen molar-refractivity contribution in [3.63, 3.8) is 0 Å². The molecule has 1 amide bonds. The van der Waals surface area contributed by atoms with Gasteiger partial charge in [-0.3, -0.25) is 24.6 Å². The molecule has 1 unspecified atom stereocenters. The molecule has 0 spiro atoms. The van der Waals surface area contributed by atoms with Gasteiger partial charge in [0.05, 0.1) is 39.5 Å². The number of anilines is 1. The van der Waals surface area contributed by atoms with E-state index in [1.165, 1.54) is 42.7 Å². The van der Waals surface area contributed by atoms with Crippen molar-refractivity contribution in [3.8, 4) is 0 Å². The second-order valence-electron chi connectivity index (χ2n) is 8.29. The number of thiazole rings is 1. The first-order valence-electron chi connectivity index (χ1n) is 11.1. The molecule has 0 aliphatic carbocycles. The van der Waals surface area contributed by atoms with Gasteiger partial charge in [-0.15, -0.1) is 0 Å². The number of carbonyl (C=O) groups is 3. The summed E-state index contributed by atoms with van der Waals surface area (Å²) in [7, 11) is -4.21. The van der Waals surface area contributed by atoms with Crippen LogP contribution < -0.4 is 4.90 Å². The fraction of sp³-hybridized carbons (Fsp3) is 0.0400. The zero-order valence-corrected chi connectivity index (χ0v) is 21.5. The summed E-state index contributed by atoms with van der Waals surface area (Å²) in [5.41, 5.74) is -0.526. The Morgan fingerprint density at radius 1 is 1.07 bits per heavy atom. The molecule has 1 aliphatic rings. The van der Waals surface area contributed by atoms with Crippen molar-refractivity contribution in [3.05, 3.63) is 111 Å². The molecule has 0 bridgehead atoms. The van der Waals surface area contributed by atoms with Crippen molar-refractivity contribution in [1.82, 2.24) is 4.98 Å². The number of hydrogen-bond acceptors (Lipinski definition) is 11. The van der Waals surface area contributed by atoms with Gasteiger partial charge in [0.15, 0.2) is 16.7 Å². The van der Waals surface area contributed by atoms with E-state index in [4.69, 9.17) is 4.42 Å². The van der Waals surface area contributed by atoms with Gasteiger partial charge in [0.2, 0.25) is 15.6 Å². The van der Waals surface area contributed by atoms with Crippen LogP contribution in [0.4, 0.5) is 10.8 Å². The lowest BCUT2D eigenvalue weighted by molar-refractivity contribution is -0.384. The Morgan fingerprint density at radius 2 is 1.75 bits per heavy atom. The van der Waals surface area contributed by atoms with Crippen LogP contribution in [0.1, 0.15) is 32.5 Å². The van der Waals surface area contributed by atoms with Crippen LogP contribution in [-0.2, 0) is 14.6 Å². The van der Waals surface area contributed by atoms with Gasteiger partial charge in [-0.05, 0) is 42.0 Å². The molecule has 0 fully saturated rings. The molecule has 2 aromatic heterocycles. The van der Waals surface area contributed by atoms with E-state index < -0.39 is 44.2 Å². The second-order valence-corrected chi connectivity index (χ2v) is 11.5. The van der Waals surface area contributed by atoms with Gasteiger partial charge in [-0.25, -0.2) is 18.2 Å². The number of aromatic nitrogens is 1. The molecule has 15 heteroatoms. The maximum absolute atomic E-state index is 13.3. The second kappa shape index (κ2) is 9.87. The molecule has 0 radical (unpaired) electrons. The quantitative estimate of drug-likeness (QED) is 0.173. The van der Waals surface area contributed by atoms with E-state index in [2.05, 4.69) is 4.98 Å².